The van der Waals surface area contributed by atoms with Crippen LogP contribution in [0.1, 0.15) is 50.6 Å². The van der Waals surface area contributed by atoms with Crippen molar-refractivity contribution >= 4 is 17.8 Å². The number of carbonyl (C=O) groups is 3. The van der Waals surface area contributed by atoms with Crippen molar-refractivity contribution in [2.75, 3.05) is 19.6 Å². The van der Waals surface area contributed by atoms with Crippen LogP contribution >= 0.6 is 0 Å². The molecule has 2 aliphatic heterocycles. The molecule has 2 fully saturated rings. The smallest absolute Gasteiger partial charge is 0.303 e. The first-order valence-electron chi connectivity index (χ1n) is 9.80. The quantitative estimate of drug-likeness (QED) is 0.833. The number of carboxylic acids is 1. The second-order valence-electron chi connectivity index (χ2n) is 7.76. The lowest BCUT2D eigenvalue weighted by atomic mass is 9.92. The molecular weight excluding hydrogens is 344 g/mol. The maximum atomic E-state index is 13.0. The van der Waals surface area contributed by atoms with Crippen molar-refractivity contribution in [2.45, 2.75) is 45.1 Å². The molecule has 2 saturated heterocycles. The van der Waals surface area contributed by atoms with Gasteiger partial charge in [-0.3, -0.25) is 14.4 Å². The van der Waals surface area contributed by atoms with Crippen molar-refractivity contribution in [3.05, 3.63) is 35.9 Å². The Bertz CT molecular complexity index is 691. The lowest BCUT2D eigenvalue weighted by molar-refractivity contribution is -0.138. The van der Waals surface area contributed by atoms with E-state index < -0.39 is 5.97 Å². The summed E-state index contributed by atoms with van der Waals surface area (Å²) < 4.78 is 0. The Kier molecular flexibility index (Phi) is 6.14. The van der Waals surface area contributed by atoms with Crippen LogP contribution < -0.4 is 0 Å². The fraction of sp³-hybridized carbons (Fsp3) is 0.571. The van der Waals surface area contributed by atoms with Crippen LogP contribution in [0.25, 0.3) is 0 Å². The average Bonchev–Trinajstić information content (AvgIpc) is 3.07. The van der Waals surface area contributed by atoms with Gasteiger partial charge in [0.15, 0.2) is 0 Å². The van der Waals surface area contributed by atoms with Crippen LogP contribution in [0.4, 0.5) is 0 Å². The third kappa shape index (κ3) is 4.67. The number of aliphatic carboxylic acids is 1. The molecule has 2 aliphatic rings. The molecule has 0 saturated carbocycles. The molecule has 0 bridgehead atoms. The van der Waals surface area contributed by atoms with Crippen LogP contribution in [0.3, 0.4) is 0 Å². The molecule has 6 heteroatoms. The monoisotopic (exact) mass is 372 g/mol. The van der Waals surface area contributed by atoms with Crippen LogP contribution in [-0.2, 0) is 14.4 Å². The van der Waals surface area contributed by atoms with Crippen molar-refractivity contribution in [1.29, 1.82) is 0 Å². The third-order valence-corrected chi connectivity index (χ3v) is 5.85. The molecule has 2 amide bonds. The lowest BCUT2D eigenvalue weighted by Gasteiger charge is -2.34. The van der Waals surface area contributed by atoms with Crippen LogP contribution in [0.15, 0.2) is 30.3 Å². The molecule has 3 rings (SSSR count). The highest BCUT2D eigenvalue weighted by Crippen LogP contribution is 2.30. The van der Waals surface area contributed by atoms with Gasteiger partial charge in [-0.1, -0.05) is 30.3 Å². The van der Waals surface area contributed by atoms with Gasteiger partial charge in [0.05, 0.1) is 12.0 Å². The van der Waals surface area contributed by atoms with E-state index in [1.165, 1.54) is 0 Å². The predicted octanol–water partition coefficient (Wildman–Crippen LogP) is 2.70. The Morgan fingerprint density at radius 1 is 1.22 bits per heavy atom. The first-order chi connectivity index (χ1) is 13.0. The number of hydrogen-bond acceptors (Lipinski definition) is 3. The van der Waals surface area contributed by atoms with E-state index in [4.69, 9.17) is 5.11 Å². The van der Waals surface area contributed by atoms with Gasteiger partial charge in [0.25, 0.3) is 0 Å². The van der Waals surface area contributed by atoms with E-state index in [1.54, 1.807) is 0 Å². The van der Waals surface area contributed by atoms with Crippen molar-refractivity contribution in [3.8, 4) is 0 Å². The Morgan fingerprint density at radius 3 is 2.67 bits per heavy atom. The number of hydrogen-bond donors (Lipinski definition) is 1. The highest BCUT2D eigenvalue weighted by molar-refractivity contribution is 5.89. The van der Waals surface area contributed by atoms with Crippen LogP contribution in [0.5, 0.6) is 0 Å². The summed E-state index contributed by atoms with van der Waals surface area (Å²) in [4.78, 5) is 39.9. The molecule has 1 aromatic rings. The average molecular weight is 372 g/mol. The summed E-state index contributed by atoms with van der Waals surface area (Å²) >= 11 is 0. The molecule has 3 unspecified atom stereocenters. The molecule has 6 nitrogen and oxygen atoms in total. The minimum absolute atomic E-state index is 0.0316. The molecule has 0 radical (unpaired) electrons. The zero-order valence-electron chi connectivity index (χ0n) is 15.8. The third-order valence-electron chi connectivity index (χ3n) is 5.85. The van der Waals surface area contributed by atoms with Gasteiger partial charge in [0.1, 0.15) is 0 Å². The molecule has 0 aromatic heterocycles. The first kappa shape index (κ1) is 19.4. The maximum absolute atomic E-state index is 13.0. The number of piperidine rings is 1. The number of rotatable bonds is 6. The fourth-order valence-corrected chi connectivity index (χ4v) is 4.27. The van der Waals surface area contributed by atoms with Crippen molar-refractivity contribution in [2.24, 2.45) is 11.8 Å². The van der Waals surface area contributed by atoms with Gasteiger partial charge in [0, 0.05) is 32.5 Å². The number of amides is 2. The highest BCUT2D eigenvalue weighted by Gasteiger charge is 2.39. The molecule has 2 heterocycles. The predicted molar refractivity (Wildman–Crippen MR) is 101 cm³/mol. The summed E-state index contributed by atoms with van der Waals surface area (Å²) in [5.74, 6) is -0.752. The molecule has 0 spiro atoms. The topological polar surface area (TPSA) is 77.9 Å². The Balaban J connectivity index is 1.59. The largest absolute Gasteiger partial charge is 0.481 e. The summed E-state index contributed by atoms with van der Waals surface area (Å²) in [5.41, 5.74) is 1.07. The molecule has 27 heavy (non-hydrogen) atoms. The molecule has 1 N–H and O–H groups in total. The van der Waals surface area contributed by atoms with Gasteiger partial charge in [-0.2, -0.15) is 0 Å². The van der Waals surface area contributed by atoms with Crippen LogP contribution in [-0.4, -0.2) is 52.3 Å². The van der Waals surface area contributed by atoms with E-state index >= 15 is 0 Å². The summed E-state index contributed by atoms with van der Waals surface area (Å²) in [6, 6.07) is 9.84. The number of nitrogens with zero attached hydrogens (tertiary/aromatic N) is 2. The number of likely N-dealkylation sites (tertiary alicyclic amines) is 2. The van der Waals surface area contributed by atoms with Crippen molar-refractivity contribution < 1.29 is 19.5 Å². The zero-order valence-corrected chi connectivity index (χ0v) is 15.8. The molecule has 1 aromatic carbocycles. The van der Waals surface area contributed by atoms with Crippen LogP contribution in [0, 0.1) is 11.8 Å². The SMILES string of the molecule is CC(c1ccccc1)N1CC(C(=O)N2CCCC(CCC(=O)O)C2)CC1=O. The number of carboxylic acid groups (broad SMARTS) is 1. The minimum Gasteiger partial charge on any atom is -0.481 e. The molecule has 3 atom stereocenters. The molecule has 146 valence electrons. The normalized spacial score (nSPS) is 24.1. The van der Waals surface area contributed by atoms with Crippen molar-refractivity contribution in [3.63, 3.8) is 0 Å². The van der Waals surface area contributed by atoms with E-state index in [2.05, 4.69) is 0 Å². The summed E-state index contributed by atoms with van der Waals surface area (Å²) in [5, 5.41) is 8.87. The molecular formula is C21H28N2O4. The standard InChI is InChI=1S/C21H28N2O4/c1-15(17-7-3-2-4-8-17)23-14-18(12-19(23)24)21(27)22-11-5-6-16(13-22)9-10-20(25)26/h2-4,7-8,15-16,18H,5-6,9-14H2,1H3,(H,25,26). The van der Waals surface area contributed by atoms with Gasteiger partial charge >= 0.3 is 5.97 Å². The van der Waals surface area contributed by atoms with Crippen LogP contribution in [0.2, 0.25) is 0 Å². The number of benzene rings is 1. The lowest BCUT2D eigenvalue weighted by Crippen LogP contribution is -2.43. The van der Waals surface area contributed by atoms with Gasteiger partial charge in [-0.15, -0.1) is 0 Å². The van der Waals surface area contributed by atoms with Gasteiger partial charge < -0.3 is 14.9 Å². The van der Waals surface area contributed by atoms with Gasteiger partial charge in [0.2, 0.25) is 11.8 Å². The summed E-state index contributed by atoms with van der Waals surface area (Å²) in [6.45, 7) is 3.79. The second kappa shape index (κ2) is 8.55. The summed E-state index contributed by atoms with van der Waals surface area (Å²) in [6.07, 6.45) is 2.90. The number of carbonyl (C=O) groups excluding carboxylic acids is 2. The Morgan fingerprint density at radius 2 is 1.96 bits per heavy atom. The van der Waals surface area contributed by atoms with Gasteiger partial charge in [-0.25, -0.2) is 0 Å². The van der Waals surface area contributed by atoms with E-state index in [0.717, 1.165) is 18.4 Å². The zero-order chi connectivity index (χ0) is 19.4. The second-order valence-corrected chi connectivity index (χ2v) is 7.76. The minimum atomic E-state index is -0.787. The Labute approximate surface area is 160 Å². The molecule has 0 aliphatic carbocycles. The van der Waals surface area contributed by atoms with E-state index in [0.29, 0.717) is 26.1 Å². The fourth-order valence-electron chi connectivity index (χ4n) is 4.27. The maximum Gasteiger partial charge on any atom is 0.303 e. The van der Waals surface area contributed by atoms with Crippen molar-refractivity contribution in [1.82, 2.24) is 9.80 Å². The van der Waals surface area contributed by atoms with E-state index in [1.807, 2.05) is 47.1 Å². The highest BCUT2D eigenvalue weighted by atomic mass is 16.4. The Hall–Kier alpha value is -2.37. The summed E-state index contributed by atoms with van der Waals surface area (Å²) in [7, 11) is 0. The van der Waals surface area contributed by atoms with E-state index in [-0.39, 0.29) is 42.5 Å². The van der Waals surface area contributed by atoms with Gasteiger partial charge in [-0.05, 0) is 37.7 Å². The first-order valence-corrected chi connectivity index (χ1v) is 9.80. The van der Waals surface area contributed by atoms with E-state index in [9.17, 15) is 14.4 Å².